The van der Waals surface area contributed by atoms with E-state index in [0.717, 1.165) is 6.54 Å². The highest BCUT2D eigenvalue weighted by molar-refractivity contribution is 5.27. The number of quaternary nitrogens is 1. The third-order valence-electron chi connectivity index (χ3n) is 3.50. The fourth-order valence-electron chi connectivity index (χ4n) is 2.54. The van der Waals surface area contributed by atoms with Crippen molar-refractivity contribution in [3.63, 3.8) is 0 Å². The minimum Gasteiger partial charge on any atom is -0.357 e. The number of halogens is 1. The number of rotatable bonds is 2. The zero-order valence-electron chi connectivity index (χ0n) is 8.43. The fraction of sp³-hybridized carbons (Fsp3) is 0.500. The van der Waals surface area contributed by atoms with Crippen LogP contribution in [0.2, 0.25) is 0 Å². The van der Waals surface area contributed by atoms with E-state index >= 15 is 0 Å². The zero-order valence-corrected chi connectivity index (χ0v) is 8.43. The van der Waals surface area contributed by atoms with Crippen molar-refractivity contribution in [2.24, 2.45) is 0 Å². The largest absolute Gasteiger partial charge is 0.357 e. The summed E-state index contributed by atoms with van der Waals surface area (Å²) in [6, 6.07) is 6.97. The quantitative estimate of drug-likeness (QED) is 0.744. The Morgan fingerprint density at radius 2 is 1.71 bits per heavy atom. The van der Waals surface area contributed by atoms with E-state index in [1.807, 2.05) is 12.1 Å². The predicted molar refractivity (Wildman–Crippen MR) is 54.3 cm³/mol. The summed E-state index contributed by atoms with van der Waals surface area (Å²) in [6.45, 7) is 0.929. The van der Waals surface area contributed by atoms with Crippen molar-refractivity contribution >= 4 is 0 Å². The Balaban J connectivity index is 2.31. The Morgan fingerprint density at radius 1 is 1.14 bits per heavy atom. The minimum atomic E-state index is -0.147. The summed E-state index contributed by atoms with van der Waals surface area (Å²) in [6.07, 6.45) is 4.99. The maximum Gasteiger partial charge on any atom is 0.123 e. The van der Waals surface area contributed by atoms with Crippen LogP contribution in [0.25, 0.3) is 0 Å². The van der Waals surface area contributed by atoms with Gasteiger partial charge in [0.05, 0.1) is 6.54 Å². The number of benzene rings is 1. The van der Waals surface area contributed by atoms with Crippen molar-refractivity contribution in [2.45, 2.75) is 31.1 Å². The Morgan fingerprint density at radius 3 is 2.21 bits per heavy atom. The summed E-state index contributed by atoms with van der Waals surface area (Å²) in [5.41, 5.74) is 5.56. The Kier molecular flexibility index (Phi) is 2.55. The van der Waals surface area contributed by atoms with E-state index in [1.54, 1.807) is 12.1 Å². The standard InChI is InChI=1S/C12H16FN/c13-11-5-3-10(4-6-11)12(9-14)7-1-2-8-12/h3-6H,1-2,7-9,14H2/p+1. The highest BCUT2D eigenvalue weighted by Crippen LogP contribution is 2.39. The summed E-state index contributed by atoms with van der Waals surface area (Å²) in [5, 5.41) is 0. The molecule has 3 N–H and O–H groups in total. The molecular formula is C12H17FN+. The van der Waals surface area contributed by atoms with E-state index in [2.05, 4.69) is 5.73 Å². The van der Waals surface area contributed by atoms with Gasteiger partial charge >= 0.3 is 0 Å². The van der Waals surface area contributed by atoms with Crippen LogP contribution in [0.1, 0.15) is 31.2 Å². The molecule has 0 bridgehead atoms. The van der Waals surface area contributed by atoms with Crippen LogP contribution in [-0.2, 0) is 5.41 Å². The normalized spacial score (nSPS) is 19.9. The van der Waals surface area contributed by atoms with Gasteiger partial charge in [0.15, 0.2) is 0 Å². The summed E-state index contributed by atoms with van der Waals surface area (Å²) >= 11 is 0. The average molecular weight is 194 g/mol. The van der Waals surface area contributed by atoms with E-state index in [1.165, 1.54) is 31.2 Å². The van der Waals surface area contributed by atoms with E-state index in [9.17, 15) is 4.39 Å². The van der Waals surface area contributed by atoms with E-state index in [-0.39, 0.29) is 11.2 Å². The first-order valence-electron chi connectivity index (χ1n) is 5.32. The molecule has 14 heavy (non-hydrogen) atoms. The molecule has 1 saturated carbocycles. The first-order chi connectivity index (χ1) is 6.77. The van der Waals surface area contributed by atoms with Crippen LogP contribution >= 0.6 is 0 Å². The lowest BCUT2D eigenvalue weighted by Gasteiger charge is -2.25. The highest BCUT2D eigenvalue weighted by Gasteiger charge is 2.36. The SMILES string of the molecule is [NH3+]CC1(c2ccc(F)cc2)CCCC1. The molecule has 0 radical (unpaired) electrons. The lowest BCUT2D eigenvalue weighted by molar-refractivity contribution is -0.382. The molecule has 0 atom stereocenters. The first-order valence-corrected chi connectivity index (χ1v) is 5.32. The van der Waals surface area contributed by atoms with Gasteiger partial charge in [-0.25, -0.2) is 4.39 Å². The molecule has 1 aromatic carbocycles. The monoisotopic (exact) mass is 194 g/mol. The van der Waals surface area contributed by atoms with E-state index < -0.39 is 0 Å². The molecule has 0 heterocycles. The van der Waals surface area contributed by atoms with Crippen LogP contribution < -0.4 is 5.73 Å². The van der Waals surface area contributed by atoms with Gasteiger partial charge in [0, 0.05) is 5.41 Å². The number of hydrogen-bond donors (Lipinski definition) is 1. The molecule has 0 amide bonds. The topological polar surface area (TPSA) is 27.6 Å². The van der Waals surface area contributed by atoms with Crippen molar-refractivity contribution in [2.75, 3.05) is 6.54 Å². The van der Waals surface area contributed by atoms with E-state index in [4.69, 9.17) is 0 Å². The van der Waals surface area contributed by atoms with Gasteiger partial charge in [0.1, 0.15) is 5.82 Å². The zero-order chi connectivity index (χ0) is 10.0. The van der Waals surface area contributed by atoms with Gasteiger partial charge in [-0.15, -0.1) is 0 Å². The van der Waals surface area contributed by atoms with Gasteiger partial charge in [-0.2, -0.15) is 0 Å². The van der Waals surface area contributed by atoms with Crippen molar-refractivity contribution in [1.29, 1.82) is 0 Å². The molecule has 0 spiro atoms. The molecule has 1 aromatic rings. The second kappa shape index (κ2) is 3.70. The molecule has 2 rings (SSSR count). The third kappa shape index (κ3) is 1.55. The van der Waals surface area contributed by atoms with Gasteiger partial charge in [-0.05, 0) is 30.5 Å². The molecule has 1 nitrogen and oxygen atoms in total. The summed E-state index contributed by atoms with van der Waals surface area (Å²) in [5.74, 6) is -0.147. The van der Waals surface area contributed by atoms with Crippen LogP contribution in [0, 0.1) is 5.82 Å². The lowest BCUT2D eigenvalue weighted by Crippen LogP contribution is -2.59. The van der Waals surface area contributed by atoms with Crippen molar-refractivity contribution in [3.8, 4) is 0 Å². The van der Waals surface area contributed by atoms with Crippen molar-refractivity contribution < 1.29 is 10.1 Å². The van der Waals surface area contributed by atoms with Gasteiger partial charge in [0.2, 0.25) is 0 Å². The molecule has 1 aliphatic rings. The molecule has 76 valence electrons. The average Bonchev–Trinajstić information content (AvgIpc) is 2.68. The van der Waals surface area contributed by atoms with Gasteiger partial charge in [-0.1, -0.05) is 25.0 Å². The molecule has 0 unspecified atom stereocenters. The number of hydrogen-bond acceptors (Lipinski definition) is 0. The molecule has 1 aliphatic carbocycles. The predicted octanol–water partition coefficient (Wildman–Crippen LogP) is 1.88. The van der Waals surface area contributed by atoms with Crippen LogP contribution in [0.15, 0.2) is 24.3 Å². The van der Waals surface area contributed by atoms with E-state index in [0.29, 0.717) is 0 Å². The molecule has 1 fully saturated rings. The Hall–Kier alpha value is -0.890. The molecule has 2 heteroatoms. The molecule has 0 aromatic heterocycles. The minimum absolute atomic E-state index is 0.147. The molecule has 0 saturated heterocycles. The third-order valence-corrected chi connectivity index (χ3v) is 3.50. The van der Waals surface area contributed by atoms with Crippen LogP contribution in [0.4, 0.5) is 4.39 Å². The van der Waals surface area contributed by atoms with Gasteiger partial charge < -0.3 is 5.73 Å². The second-order valence-electron chi connectivity index (χ2n) is 4.24. The highest BCUT2D eigenvalue weighted by atomic mass is 19.1. The van der Waals surface area contributed by atoms with Crippen LogP contribution in [-0.4, -0.2) is 6.54 Å². The van der Waals surface area contributed by atoms with Crippen molar-refractivity contribution in [3.05, 3.63) is 35.6 Å². The summed E-state index contributed by atoms with van der Waals surface area (Å²) < 4.78 is 12.8. The molecule has 0 aliphatic heterocycles. The smallest absolute Gasteiger partial charge is 0.123 e. The first kappa shape index (κ1) is 9.66. The van der Waals surface area contributed by atoms with Gasteiger partial charge in [-0.3, -0.25) is 0 Å². The van der Waals surface area contributed by atoms with Crippen LogP contribution in [0.5, 0.6) is 0 Å². The lowest BCUT2D eigenvalue weighted by atomic mass is 9.79. The van der Waals surface area contributed by atoms with Gasteiger partial charge in [0.25, 0.3) is 0 Å². The van der Waals surface area contributed by atoms with Crippen LogP contribution in [0.3, 0.4) is 0 Å². The Labute approximate surface area is 84.1 Å². The fourth-order valence-corrected chi connectivity index (χ4v) is 2.54. The summed E-state index contributed by atoms with van der Waals surface area (Å²) in [4.78, 5) is 0. The maximum absolute atomic E-state index is 12.8. The Bertz CT molecular complexity index is 299. The maximum atomic E-state index is 12.8. The second-order valence-corrected chi connectivity index (χ2v) is 4.24. The summed E-state index contributed by atoms with van der Waals surface area (Å²) in [7, 11) is 0. The van der Waals surface area contributed by atoms with Crippen molar-refractivity contribution in [1.82, 2.24) is 0 Å². The molecular weight excluding hydrogens is 177 g/mol.